The van der Waals surface area contributed by atoms with Gasteiger partial charge < -0.3 is 9.73 Å². The van der Waals surface area contributed by atoms with E-state index in [0.717, 1.165) is 16.0 Å². The average molecular weight is 417 g/mol. The first-order valence-corrected chi connectivity index (χ1v) is 10.9. The van der Waals surface area contributed by atoms with Crippen LogP contribution in [-0.4, -0.2) is 16.6 Å². The van der Waals surface area contributed by atoms with Crippen molar-refractivity contribution in [2.24, 2.45) is 0 Å². The molecule has 152 valence electrons. The van der Waals surface area contributed by atoms with Gasteiger partial charge in [0.15, 0.2) is 5.58 Å². The molecule has 0 unspecified atom stereocenters. The van der Waals surface area contributed by atoms with Crippen LogP contribution in [0, 0.1) is 0 Å². The number of rotatable bonds is 5. The van der Waals surface area contributed by atoms with E-state index in [9.17, 15) is 4.79 Å². The summed E-state index contributed by atoms with van der Waals surface area (Å²) in [5.74, 6) is 0.874. The van der Waals surface area contributed by atoms with Gasteiger partial charge in [-0.05, 0) is 47.4 Å². The van der Waals surface area contributed by atoms with Gasteiger partial charge in [0.1, 0.15) is 5.52 Å². The summed E-state index contributed by atoms with van der Waals surface area (Å²) in [7, 11) is 0. The van der Waals surface area contributed by atoms with Gasteiger partial charge in [-0.25, -0.2) is 4.98 Å². The van der Waals surface area contributed by atoms with E-state index in [1.165, 1.54) is 17.3 Å². The first kappa shape index (κ1) is 20.2. The first-order valence-electron chi connectivity index (χ1n) is 9.88. The highest BCUT2D eigenvalue weighted by atomic mass is 32.2. The minimum Gasteiger partial charge on any atom is -0.436 e. The number of thioether (sulfide) groups is 1. The van der Waals surface area contributed by atoms with Gasteiger partial charge in [0, 0.05) is 22.2 Å². The number of anilines is 1. The summed E-state index contributed by atoms with van der Waals surface area (Å²) in [5.41, 5.74) is 4.42. The third kappa shape index (κ3) is 4.74. The Kier molecular flexibility index (Phi) is 5.64. The SMILES string of the molecule is CC(C)(C)c1ccc(-c2nc3ccc(NC(=O)CSc4ccccc4)cc3o2)cc1. The van der Waals surface area contributed by atoms with Crippen LogP contribution in [-0.2, 0) is 10.2 Å². The summed E-state index contributed by atoms with van der Waals surface area (Å²) in [6.45, 7) is 6.57. The molecule has 0 saturated carbocycles. The summed E-state index contributed by atoms with van der Waals surface area (Å²) < 4.78 is 5.96. The fraction of sp³-hybridized carbons (Fsp3) is 0.200. The number of oxazole rings is 1. The maximum Gasteiger partial charge on any atom is 0.234 e. The topological polar surface area (TPSA) is 55.1 Å². The van der Waals surface area contributed by atoms with Crippen molar-refractivity contribution in [1.29, 1.82) is 0 Å². The molecule has 0 radical (unpaired) electrons. The molecule has 4 nitrogen and oxygen atoms in total. The third-order valence-electron chi connectivity index (χ3n) is 4.78. The van der Waals surface area contributed by atoms with Crippen LogP contribution in [0.5, 0.6) is 0 Å². The molecular formula is C25H24N2O2S. The maximum absolute atomic E-state index is 12.3. The van der Waals surface area contributed by atoms with Crippen LogP contribution in [0.3, 0.4) is 0 Å². The number of hydrogen-bond donors (Lipinski definition) is 1. The number of fused-ring (bicyclic) bond motifs is 1. The molecule has 0 aliphatic rings. The molecular weight excluding hydrogens is 392 g/mol. The van der Waals surface area contributed by atoms with Gasteiger partial charge in [-0.3, -0.25) is 4.79 Å². The average Bonchev–Trinajstić information content (AvgIpc) is 3.16. The molecule has 1 heterocycles. The number of carbonyl (C=O) groups is 1. The molecule has 30 heavy (non-hydrogen) atoms. The Morgan fingerprint density at radius 2 is 1.73 bits per heavy atom. The molecule has 0 bridgehead atoms. The Hall–Kier alpha value is -3.05. The predicted molar refractivity (Wildman–Crippen MR) is 124 cm³/mol. The zero-order valence-electron chi connectivity index (χ0n) is 17.3. The minimum atomic E-state index is -0.0549. The second-order valence-corrected chi connectivity index (χ2v) is 9.23. The van der Waals surface area contributed by atoms with Crippen LogP contribution in [0.1, 0.15) is 26.3 Å². The van der Waals surface area contributed by atoms with E-state index in [4.69, 9.17) is 4.42 Å². The quantitative estimate of drug-likeness (QED) is 0.376. The second kappa shape index (κ2) is 8.36. The molecule has 5 heteroatoms. The second-order valence-electron chi connectivity index (χ2n) is 8.18. The third-order valence-corrected chi connectivity index (χ3v) is 5.80. The van der Waals surface area contributed by atoms with Crippen molar-refractivity contribution in [3.05, 3.63) is 78.4 Å². The van der Waals surface area contributed by atoms with Crippen LogP contribution in [0.25, 0.3) is 22.6 Å². The van der Waals surface area contributed by atoms with Crippen molar-refractivity contribution in [2.75, 3.05) is 11.1 Å². The van der Waals surface area contributed by atoms with Crippen LogP contribution >= 0.6 is 11.8 Å². The van der Waals surface area contributed by atoms with Crippen LogP contribution < -0.4 is 5.32 Å². The van der Waals surface area contributed by atoms with E-state index in [0.29, 0.717) is 22.9 Å². The van der Waals surface area contributed by atoms with Gasteiger partial charge in [0.05, 0.1) is 5.75 Å². The molecule has 0 spiro atoms. The molecule has 1 aromatic heterocycles. The van der Waals surface area contributed by atoms with Crippen LogP contribution in [0.15, 0.2) is 82.1 Å². The van der Waals surface area contributed by atoms with Crippen molar-refractivity contribution >= 4 is 34.5 Å². The van der Waals surface area contributed by atoms with E-state index in [-0.39, 0.29) is 11.3 Å². The fourth-order valence-corrected chi connectivity index (χ4v) is 3.82. The van der Waals surface area contributed by atoms with Crippen molar-refractivity contribution in [2.45, 2.75) is 31.1 Å². The lowest BCUT2D eigenvalue weighted by Crippen LogP contribution is -2.13. The number of carbonyl (C=O) groups excluding carboxylic acids is 1. The lowest BCUT2D eigenvalue weighted by molar-refractivity contribution is -0.113. The Balaban J connectivity index is 1.46. The molecule has 0 aliphatic carbocycles. The highest BCUT2D eigenvalue weighted by Gasteiger charge is 2.15. The number of nitrogens with zero attached hydrogens (tertiary/aromatic N) is 1. The number of amides is 1. The normalized spacial score (nSPS) is 11.6. The van der Waals surface area contributed by atoms with Crippen molar-refractivity contribution in [3.8, 4) is 11.5 Å². The van der Waals surface area contributed by atoms with Crippen molar-refractivity contribution < 1.29 is 9.21 Å². The smallest absolute Gasteiger partial charge is 0.234 e. The zero-order valence-corrected chi connectivity index (χ0v) is 18.1. The zero-order chi connectivity index (χ0) is 21.1. The van der Waals surface area contributed by atoms with Gasteiger partial charge in [-0.1, -0.05) is 51.1 Å². The number of benzene rings is 3. The van der Waals surface area contributed by atoms with E-state index < -0.39 is 0 Å². The molecule has 4 aromatic rings. The molecule has 0 aliphatic heterocycles. The molecule has 1 N–H and O–H groups in total. The Labute approximate surface area is 180 Å². The highest BCUT2D eigenvalue weighted by molar-refractivity contribution is 8.00. The summed E-state index contributed by atoms with van der Waals surface area (Å²) in [5, 5.41) is 2.93. The summed E-state index contributed by atoms with van der Waals surface area (Å²) >= 11 is 1.51. The molecule has 1 amide bonds. The first-order chi connectivity index (χ1) is 14.4. The van der Waals surface area contributed by atoms with Gasteiger partial charge in [-0.15, -0.1) is 11.8 Å². The highest BCUT2D eigenvalue weighted by Crippen LogP contribution is 2.29. The Bertz CT molecular complexity index is 1160. The lowest BCUT2D eigenvalue weighted by atomic mass is 9.87. The lowest BCUT2D eigenvalue weighted by Gasteiger charge is -2.18. The molecule has 0 saturated heterocycles. The van der Waals surface area contributed by atoms with E-state index >= 15 is 0 Å². The van der Waals surface area contributed by atoms with E-state index in [2.05, 4.69) is 43.2 Å². The Morgan fingerprint density at radius 1 is 1.00 bits per heavy atom. The van der Waals surface area contributed by atoms with Gasteiger partial charge in [0.2, 0.25) is 11.8 Å². The minimum absolute atomic E-state index is 0.0549. The van der Waals surface area contributed by atoms with Crippen molar-refractivity contribution in [1.82, 2.24) is 4.98 Å². The molecule has 4 rings (SSSR count). The van der Waals surface area contributed by atoms with Crippen LogP contribution in [0.2, 0.25) is 0 Å². The number of nitrogens with one attached hydrogen (secondary N) is 1. The van der Waals surface area contributed by atoms with E-state index in [1.54, 1.807) is 0 Å². The fourth-order valence-electron chi connectivity index (χ4n) is 3.10. The monoisotopic (exact) mass is 416 g/mol. The number of aromatic nitrogens is 1. The van der Waals surface area contributed by atoms with E-state index in [1.807, 2.05) is 60.7 Å². The van der Waals surface area contributed by atoms with Crippen molar-refractivity contribution in [3.63, 3.8) is 0 Å². The predicted octanol–water partition coefficient (Wildman–Crippen LogP) is 6.52. The van der Waals surface area contributed by atoms with Gasteiger partial charge in [-0.2, -0.15) is 0 Å². The summed E-state index contributed by atoms with van der Waals surface area (Å²) in [6, 6.07) is 23.7. The van der Waals surface area contributed by atoms with Gasteiger partial charge in [0.25, 0.3) is 0 Å². The molecule has 0 fully saturated rings. The largest absolute Gasteiger partial charge is 0.436 e. The number of hydrogen-bond acceptors (Lipinski definition) is 4. The standard InChI is InChI=1S/C25H24N2O2S/c1-25(2,3)18-11-9-17(10-12-18)24-27-21-14-13-19(15-22(21)29-24)26-23(28)16-30-20-7-5-4-6-8-20/h4-15H,16H2,1-3H3,(H,26,28). The maximum atomic E-state index is 12.3. The molecule has 0 atom stereocenters. The van der Waals surface area contributed by atoms with Gasteiger partial charge >= 0.3 is 0 Å². The summed E-state index contributed by atoms with van der Waals surface area (Å²) in [6.07, 6.45) is 0. The van der Waals surface area contributed by atoms with Crippen LogP contribution in [0.4, 0.5) is 5.69 Å². The summed E-state index contributed by atoms with van der Waals surface area (Å²) in [4.78, 5) is 17.9. The Morgan fingerprint density at radius 3 is 2.43 bits per heavy atom. The molecule has 3 aromatic carbocycles.